The second kappa shape index (κ2) is 9.75. The van der Waals surface area contributed by atoms with Crippen molar-refractivity contribution in [2.75, 3.05) is 24.3 Å². The monoisotopic (exact) mass is 423 g/mol. The molecule has 0 saturated heterocycles. The minimum absolute atomic E-state index is 0.269. The summed E-state index contributed by atoms with van der Waals surface area (Å²) in [6, 6.07) is 27.5. The molecule has 6 heteroatoms. The largest absolute Gasteiger partial charge is 0.378 e. The van der Waals surface area contributed by atoms with Crippen molar-refractivity contribution in [2.24, 2.45) is 0 Å². The van der Waals surface area contributed by atoms with Crippen LogP contribution in [0.1, 0.15) is 15.9 Å². The molecule has 0 aliphatic carbocycles. The fourth-order valence-corrected chi connectivity index (χ4v) is 3.19. The maximum Gasteiger partial charge on any atom is 0.274 e. The number of rotatable bonds is 7. The summed E-state index contributed by atoms with van der Waals surface area (Å²) in [6.07, 6.45) is 3.28. The molecule has 0 saturated carbocycles. The van der Waals surface area contributed by atoms with Gasteiger partial charge in [-0.05, 0) is 29.3 Å². The summed E-state index contributed by atoms with van der Waals surface area (Å²) >= 11 is 0. The molecule has 0 aliphatic rings. The van der Waals surface area contributed by atoms with Gasteiger partial charge in [0.05, 0.1) is 0 Å². The first-order valence-corrected chi connectivity index (χ1v) is 10.4. The Morgan fingerprint density at radius 3 is 2.25 bits per heavy atom. The molecule has 1 heterocycles. The molecular formula is C26H25N5O. The lowest BCUT2D eigenvalue weighted by Crippen LogP contribution is -2.14. The van der Waals surface area contributed by atoms with Gasteiger partial charge < -0.3 is 10.2 Å². The Labute approximate surface area is 187 Å². The third-order valence-electron chi connectivity index (χ3n) is 4.97. The minimum atomic E-state index is -0.269. The molecule has 0 atom stereocenters. The number of nitrogens with zero attached hydrogens (tertiary/aromatic N) is 4. The van der Waals surface area contributed by atoms with E-state index in [2.05, 4.69) is 44.6 Å². The van der Waals surface area contributed by atoms with Crippen LogP contribution in [-0.4, -0.2) is 34.8 Å². The minimum Gasteiger partial charge on any atom is -0.378 e. The highest BCUT2D eigenvalue weighted by molar-refractivity contribution is 5.94. The van der Waals surface area contributed by atoms with Gasteiger partial charge >= 0.3 is 0 Å². The van der Waals surface area contributed by atoms with Crippen LogP contribution in [0.3, 0.4) is 0 Å². The van der Waals surface area contributed by atoms with Gasteiger partial charge in [0, 0.05) is 38.0 Å². The Morgan fingerprint density at radius 1 is 0.938 bits per heavy atom. The molecular weight excluding hydrogens is 398 g/mol. The predicted molar refractivity (Wildman–Crippen MR) is 130 cm³/mol. The van der Waals surface area contributed by atoms with Crippen molar-refractivity contribution in [3.63, 3.8) is 0 Å². The average molecular weight is 424 g/mol. The van der Waals surface area contributed by atoms with E-state index >= 15 is 0 Å². The normalized spacial score (nSPS) is 10.9. The molecule has 0 amide bonds. The lowest BCUT2D eigenvalue weighted by molar-refractivity contribution is 0.0957. The van der Waals surface area contributed by atoms with E-state index < -0.39 is 0 Å². The zero-order valence-electron chi connectivity index (χ0n) is 18.1. The molecule has 3 aromatic carbocycles. The van der Waals surface area contributed by atoms with E-state index in [-0.39, 0.29) is 5.91 Å². The van der Waals surface area contributed by atoms with Crippen LogP contribution in [0.2, 0.25) is 0 Å². The lowest BCUT2D eigenvalue weighted by atomic mass is 10.2. The second-order valence-electron chi connectivity index (χ2n) is 7.53. The number of allylic oxidation sites excluding steroid dienone is 1. The molecule has 32 heavy (non-hydrogen) atoms. The number of anilines is 2. The van der Waals surface area contributed by atoms with Gasteiger partial charge in [0.25, 0.3) is 5.91 Å². The van der Waals surface area contributed by atoms with Crippen molar-refractivity contribution in [2.45, 2.75) is 6.54 Å². The van der Waals surface area contributed by atoms with E-state index in [1.54, 1.807) is 6.08 Å². The summed E-state index contributed by atoms with van der Waals surface area (Å²) in [6.45, 7) is 0.524. The van der Waals surface area contributed by atoms with Gasteiger partial charge in [0.1, 0.15) is 0 Å². The van der Waals surface area contributed by atoms with Crippen LogP contribution < -0.4 is 10.2 Å². The molecule has 0 unspecified atom stereocenters. The summed E-state index contributed by atoms with van der Waals surface area (Å²) in [5.41, 5.74) is 4.01. The highest BCUT2D eigenvalue weighted by atomic mass is 16.2. The maximum atomic E-state index is 12.9. The van der Waals surface area contributed by atoms with Crippen LogP contribution in [0.15, 0.2) is 91.0 Å². The standard InChI is InChI=1S/C26H25N5O/c1-30(2)23-16-13-21(14-17-23)19-27-26-28-25(22-11-7-4-8-12-22)29-31(26)24(32)18-15-20-9-5-3-6-10-20/h3-18H,19H2,1-2H3,(H,27,28,29). The Balaban J connectivity index is 1.58. The van der Waals surface area contributed by atoms with Crippen LogP contribution in [0, 0.1) is 0 Å². The fourth-order valence-electron chi connectivity index (χ4n) is 3.19. The van der Waals surface area contributed by atoms with E-state index in [0.717, 1.165) is 22.4 Å². The Hall–Kier alpha value is -4.19. The van der Waals surface area contributed by atoms with Gasteiger partial charge in [-0.15, -0.1) is 5.10 Å². The van der Waals surface area contributed by atoms with Gasteiger partial charge in [0.2, 0.25) is 5.95 Å². The van der Waals surface area contributed by atoms with E-state index in [9.17, 15) is 4.79 Å². The van der Waals surface area contributed by atoms with Crippen molar-refractivity contribution in [3.05, 3.63) is 102 Å². The number of benzene rings is 3. The number of nitrogens with one attached hydrogen (secondary N) is 1. The van der Waals surface area contributed by atoms with Crippen molar-refractivity contribution < 1.29 is 4.79 Å². The lowest BCUT2D eigenvalue weighted by Gasteiger charge is -2.13. The summed E-state index contributed by atoms with van der Waals surface area (Å²) in [4.78, 5) is 19.6. The molecule has 1 aromatic heterocycles. The van der Waals surface area contributed by atoms with Crippen LogP contribution in [0.4, 0.5) is 11.6 Å². The summed E-state index contributed by atoms with van der Waals surface area (Å²) in [5, 5.41) is 7.75. The van der Waals surface area contributed by atoms with E-state index in [4.69, 9.17) is 0 Å². The van der Waals surface area contributed by atoms with Crippen LogP contribution in [0.5, 0.6) is 0 Å². The average Bonchev–Trinajstić information content (AvgIpc) is 3.27. The van der Waals surface area contributed by atoms with Crippen molar-refractivity contribution in [1.29, 1.82) is 0 Å². The third kappa shape index (κ3) is 5.10. The summed E-state index contributed by atoms with van der Waals surface area (Å²) < 4.78 is 1.32. The fraction of sp³-hybridized carbons (Fsp3) is 0.115. The van der Waals surface area contributed by atoms with Crippen molar-refractivity contribution >= 4 is 23.6 Å². The topological polar surface area (TPSA) is 63.0 Å². The zero-order chi connectivity index (χ0) is 22.3. The van der Waals surface area contributed by atoms with Crippen LogP contribution >= 0.6 is 0 Å². The molecule has 160 valence electrons. The zero-order valence-corrected chi connectivity index (χ0v) is 18.1. The molecule has 0 fully saturated rings. The molecule has 0 radical (unpaired) electrons. The van der Waals surface area contributed by atoms with Crippen LogP contribution in [-0.2, 0) is 6.54 Å². The SMILES string of the molecule is CN(C)c1ccc(CNc2nc(-c3ccccc3)nn2C(=O)C=Cc2ccccc2)cc1. The number of hydrogen-bond donors (Lipinski definition) is 1. The molecule has 1 N–H and O–H groups in total. The Kier molecular flexibility index (Phi) is 6.41. The van der Waals surface area contributed by atoms with Gasteiger partial charge in [-0.1, -0.05) is 72.8 Å². The van der Waals surface area contributed by atoms with Gasteiger partial charge in [-0.2, -0.15) is 9.67 Å². The quantitative estimate of drug-likeness (QED) is 0.425. The number of aromatic nitrogens is 3. The first-order chi connectivity index (χ1) is 15.6. The predicted octanol–water partition coefficient (Wildman–Crippen LogP) is 4.98. The molecule has 0 bridgehead atoms. The highest BCUT2D eigenvalue weighted by Gasteiger charge is 2.15. The molecule has 4 aromatic rings. The molecule has 0 spiro atoms. The van der Waals surface area contributed by atoms with Gasteiger partial charge in [0.15, 0.2) is 5.82 Å². The van der Waals surface area contributed by atoms with Crippen molar-refractivity contribution in [3.8, 4) is 11.4 Å². The maximum absolute atomic E-state index is 12.9. The smallest absolute Gasteiger partial charge is 0.274 e. The summed E-state index contributed by atoms with van der Waals surface area (Å²) in [7, 11) is 4.02. The van der Waals surface area contributed by atoms with Gasteiger partial charge in [-0.3, -0.25) is 4.79 Å². The number of carbonyl (C=O) groups is 1. The third-order valence-corrected chi connectivity index (χ3v) is 4.97. The van der Waals surface area contributed by atoms with E-state index in [0.29, 0.717) is 18.3 Å². The molecule has 6 nitrogen and oxygen atoms in total. The first kappa shape index (κ1) is 21.1. The van der Waals surface area contributed by atoms with Crippen LogP contribution in [0.25, 0.3) is 17.5 Å². The summed E-state index contributed by atoms with van der Waals surface area (Å²) in [5.74, 6) is 0.634. The van der Waals surface area contributed by atoms with E-state index in [1.807, 2.05) is 74.8 Å². The highest BCUT2D eigenvalue weighted by Crippen LogP contribution is 2.19. The molecule has 0 aliphatic heterocycles. The second-order valence-corrected chi connectivity index (χ2v) is 7.53. The first-order valence-electron chi connectivity index (χ1n) is 10.4. The Morgan fingerprint density at radius 2 is 1.59 bits per heavy atom. The van der Waals surface area contributed by atoms with E-state index in [1.165, 1.54) is 10.8 Å². The molecule has 4 rings (SSSR count). The van der Waals surface area contributed by atoms with Crippen molar-refractivity contribution in [1.82, 2.24) is 14.8 Å². The number of hydrogen-bond acceptors (Lipinski definition) is 5. The Bertz CT molecular complexity index is 1200. The number of carbonyl (C=O) groups excluding carboxylic acids is 1. The van der Waals surface area contributed by atoms with Gasteiger partial charge in [-0.25, -0.2) is 0 Å².